The van der Waals surface area contributed by atoms with E-state index in [1.165, 1.54) is 0 Å². The number of carboxylic acids is 1. The summed E-state index contributed by atoms with van der Waals surface area (Å²) in [6.07, 6.45) is 0. The molecule has 0 radical (unpaired) electrons. The summed E-state index contributed by atoms with van der Waals surface area (Å²) < 4.78 is 0. The number of carbonyl (C=O) groups is 1. The van der Waals surface area contributed by atoms with E-state index in [1.807, 2.05) is 13.8 Å². The lowest BCUT2D eigenvalue weighted by molar-refractivity contribution is -0.131. The summed E-state index contributed by atoms with van der Waals surface area (Å²) in [5.74, 6) is -0.730. The number of carboxylic acid groups (broad SMARTS) is 1. The molecule has 0 fully saturated rings. The summed E-state index contributed by atoms with van der Waals surface area (Å²) in [5.41, 5.74) is 0. The Kier molecular flexibility index (Phi) is 9.00. The molecule has 0 aliphatic heterocycles. The van der Waals surface area contributed by atoms with E-state index in [2.05, 4.69) is 6.58 Å². The first kappa shape index (κ1) is 13.1. The Balaban J connectivity index is 0. The van der Waals surface area contributed by atoms with Crippen LogP contribution in [0.4, 0.5) is 0 Å². The van der Waals surface area contributed by atoms with Crippen molar-refractivity contribution in [3.8, 4) is 0 Å². The average Bonchev–Trinajstić information content (AvgIpc) is 1.89. The SMILES string of the molecule is C=C(Cl)C(=O)O.CC(C)CO. The number of rotatable bonds is 2. The average molecular weight is 181 g/mol. The fourth-order valence-electron chi connectivity index (χ4n) is 0. The van der Waals surface area contributed by atoms with Crippen molar-refractivity contribution in [2.24, 2.45) is 5.92 Å². The molecule has 0 saturated carbocycles. The van der Waals surface area contributed by atoms with Crippen LogP contribution in [0.2, 0.25) is 0 Å². The Morgan fingerprint density at radius 1 is 1.64 bits per heavy atom. The molecule has 0 heterocycles. The van der Waals surface area contributed by atoms with E-state index >= 15 is 0 Å². The maximum Gasteiger partial charge on any atom is 0.346 e. The van der Waals surface area contributed by atoms with E-state index < -0.39 is 5.97 Å². The predicted molar refractivity (Wildman–Crippen MR) is 44.6 cm³/mol. The molecule has 0 amide bonds. The van der Waals surface area contributed by atoms with Gasteiger partial charge < -0.3 is 10.2 Å². The maximum absolute atomic E-state index is 9.47. The van der Waals surface area contributed by atoms with Gasteiger partial charge in [-0.25, -0.2) is 4.79 Å². The van der Waals surface area contributed by atoms with Crippen LogP contribution < -0.4 is 0 Å². The highest BCUT2D eigenvalue weighted by molar-refractivity contribution is 6.40. The lowest BCUT2D eigenvalue weighted by atomic mass is 10.2. The van der Waals surface area contributed by atoms with Crippen molar-refractivity contribution in [3.63, 3.8) is 0 Å². The van der Waals surface area contributed by atoms with Crippen LogP contribution in [0.1, 0.15) is 13.8 Å². The normalized spacial score (nSPS) is 8.45. The van der Waals surface area contributed by atoms with Crippen LogP contribution in [-0.4, -0.2) is 22.8 Å². The Morgan fingerprint density at radius 3 is 1.82 bits per heavy atom. The van der Waals surface area contributed by atoms with Gasteiger partial charge in [-0.05, 0) is 5.92 Å². The molecule has 66 valence electrons. The molecule has 0 bridgehead atoms. The topological polar surface area (TPSA) is 57.5 Å². The molecular weight excluding hydrogens is 168 g/mol. The van der Waals surface area contributed by atoms with Crippen molar-refractivity contribution in [2.75, 3.05) is 6.61 Å². The van der Waals surface area contributed by atoms with Gasteiger partial charge in [-0.1, -0.05) is 32.0 Å². The zero-order valence-corrected chi connectivity index (χ0v) is 7.43. The number of hydrogen-bond donors (Lipinski definition) is 2. The number of aliphatic carboxylic acids is 1. The van der Waals surface area contributed by atoms with Gasteiger partial charge in [0.1, 0.15) is 5.03 Å². The first-order chi connectivity index (χ1) is 4.91. The second-order valence-electron chi connectivity index (χ2n) is 2.29. The van der Waals surface area contributed by atoms with Gasteiger partial charge in [0.25, 0.3) is 0 Å². The second kappa shape index (κ2) is 7.57. The molecule has 0 unspecified atom stereocenters. The van der Waals surface area contributed by atoms with Crippen LogP contribution in [-0.2, 0) is 4.79 Å². The van der Waals surface area contributed by atoms with Crippen molar-refractivity contribution in [1.29, 1.82) is 0 Å². The number of hydrogen-bond acceptors (Lipinski definition) is 2. The summed E-state index contributed by atoms with van der Waals surface area (Å²) in [6.45, 7) is 7.17. The molecule has 11 heavy (non-hydrogen) atoms. The zero-order chi connectivity index (χ0) is 9.44. The molecule has 0 aromatic heterocycles. The summed E-state index contributed by atoms with van der Waals surface area (Å²) >= 11 is 4.82. The Hall–Kier alpha value is -0.540. The fraction of sp³-hybridized carbons (Fsp3) is 0.571. The third-order valence-corrected chi connectivity index (χ3v) is 0.759. The molecule has 0 aromatic carbocycles. The predicted octanol–water partition coefficient (Wildman–Crippen LogP) is 1.46. The van der Waals surface area contributed by atoms with Gasteiger partial charge >= 0.3 is 5.97 Å². The number of aliphatic hydroxyl groups is 1. The van der Waals surface area contributed by atoms with Gasteiger partial charge in [-0.15, -0.1) is 0 Å². The first-order valence-corrected chi connectivity index (χ1v) is 3.48. The van der Waals surface area contributed by atoms with Crippen LogP contribution in [0, 0.1) is 5.92 Å². The third-order valence-electron chi connectivity index (χ3n) is 0.597. The van der Waals surface area contributed by atoms with E-state index in [0.717, 1.165) is 0 Å². The largest absolute Gasteiger partial charge is 0.477 e. The van der Waals surface area contributed by atoms with Gasteiger partial charge in [0.05, 0.1) is 0 Å². The van der Waals surface area contributed by atoms with E-state index in [1.54, 1.807) is 0 Å². The summed E-state index contributed by atoms with van der Waals surface area (Å²) in [4.78, 5) is 9.47. The van der Waals surface area contributed by atoms with Crippen molar-refractivity contribution in [3.05, 3.63) is 11.6 Å². The van der Waals surface area contributed by atoms with Crippen LogP contribution in [0.15, 0.2) is 11.6 Å². The molecule has 0 spiro atoms. The summed E-state index contributed by atoms with van der Waals surface area (Å²) in [7, 11) is 0. The van der Waals surface area contributed by atoms with Gasteiger partial charge in [0, 0.05) is 6.61 Å². The molecule has 2 N–H and O–H groups in total. The molecule has 0 saturated heterocycles. The highest BCUT2D eigenvalue weighted by Crippen LogP contribution is 1.92. The molecule has 0 atom stereocenters. The Bertz CT molecular complexity index is 120. The van der Waals surface area contributed by atoms with Crippen LogP contribution in [0.5, 0.6) is 0 Å². The van der Waals surface area contributed by atoms with E-state index in [4.69, 9.17) is 21.8 Å². The minimum Gasteiger partial charge on any atom is -0.477 e. The molecule has 0 aliphatic carbocycles. The minimum absolute atomic E-state index is 0.306. The molecule has 0 aliphatic rings. The molecular formula is C7H13ClO3. The molecule has 0 rings (SSSR count). The van der Waals surface area contributed by atoms with Crippen molar-refractivity contribution >= 4 is 17.6 Å². The lowest BCUT2D eigenvalue weighted by Crippen LogP contribution is -1.90. The number of aliphatic hydroxyl groups excluding tert-OH is 1. The van der Waals surface area contributed by atoms with Gasteiger partial charge in [0.2, 0.25) is 0 Å². The smallest absolute Gasteiger partial charge is 0.346 e. The standard InChI is InChI=1S/C4H10O.C3H3ClO2/c1-4(2)3-5;1-2(4)3(5)6/h4-5H,3H2,1-2H3;1H2,(H,5,6). The van der Waals surface area contributed by atoms with E-state index in [0.29, 0.717) is 12.5 Å². The monoisotopic (exact) mass is 180 g/mol. The Morgan fingerprint density at radius 2 is 1.82 bits per heavy atom. The lowest BCUT2D eigenvalue weighted by Gasteiger charge is -1.90. The molecule has 3 nitrogen and oxygen atoms in total. The number of halogens is 1. The van der Waals surface area contributed by atoms with E-state index in [9.17, 15) is 4.79 Å². The van der Waals surface area contributed by atoms with Crippen molar-refractivity contribution in [1.82, 2.24) is 0 Å². The highest BCUT2D eigenvalue weighted by Gasteiger charge is 1.93. The van der Waals surface area contributed by atoms with Crippen molar-refractivity contribution in [2.45, 2.75) is 13.8 Å². The molecule has 0 aromatic rings. The molecule has 4 heteroatoms. The highest BCUT2D eigenvalue weighted by atomic mass is 35.5. The van der Waals surface area contributed by atoms with Gasteiger partial charge in [-0.3, -0.25) is 0 Å². The summed E-state index contributed by atoms with van der Waals surface area (Å²) in [6, 6.07) is 0. The maximum atomic E-state index is 9.47. The Labute approximate surface area is 71.3 Å². The quantitative estimate of drug-likeness (QED) is 0.633. The van der Waals surface area contributed by atoms with Crippen molar-refractivity contribution < 1.29 is 15.0 Å². The van der Waals surface area contributed by atoms with Gasteiger partial charge in [-0.2, -0.15) is 0 Å². The first-order valence-electron chi connectivity index (χ1n) is 3.10. The minimum atomic E-state index is -1.17. The van der Waals surface area contributed by atoms with Crippen LogP contribution >= 0.6 is 11.6 Å². The van der Waals surface area contributed by atoms with Crippen LogP contribution in [0.3, 0.4) is 0 Å². The van der Waals surface area contributed by atoms with Gasteiger partial charge in [0.15, 0.2) is 0 Å². The fourth-order valence-corrected chi connectivity index (χ4v) is 0. The van der Waals surface area contributed by atoms with Crippen LogP contribution in [0.25, 0.3) is 0 Å². The second-order valence-corrected chi connectivity index (χ2v) is 2.74. The zero-order valence-electron chi connectivity index (χ0n) is 6.67. The third kappa shape index (κ3) is 17.7. The summed E-state index contributed by atoms with van der Waals surface area (Å²) in [5, 5.41) is 15.6. The van der Waals surface area contributed by atoms with E-state index in [-0.39, 0.29) is 5.03 Å².